The molecule has 2 aliphatic carbocycles. The number of thioether (sulfide) groups is 1. The lowest BCUT2D eigenvalue weighted by Crippen LogP contribution is -2.37. The van der Waals surface area contributed by atoms with Crippen LogP contribution in [0.5, 0.6) is 0 Å². The van der Waals surface area contributed by atoms with Gasteiger partial charge in [0.25, 0.3) is 0 Å². The minimum absolute atomic E-state index is 0.356. The van der Waals surface area contributed by atoms with Crippen LogP contribution < -0.4 is 0 Å². The van der Waals surface area contributed by atoms with Gasteiger partial charge in [-0.3, -0.25) is 0 Å². The lowest BCUT2D eigenvalue weighted by molar-refractivity contribution is -0.0402. The third-order valence-electron chi connectivity index (χ3n) is 5.28. The molecule has 0 aromatic heterocycles. The van der Waals surface area contributed by atoms with Gasteiger partial charge in [-0.25, -0.2) is 0 Å². The molecule has 0 amide bonds. The van der Waals surface area contributed by atoms with E-state index in [1.165, 1.54) is 31.0 Å². The summed E-state index contributed by atoms with van der Waals surface area (Å²) in [5.41, 5.74) is 0.787. The van der Waals surface area contributed by atoms with Crippen LogP contribution in [-0.4, -0.2) is 18.5 Å². The highest BCUT2D eigenvalue weighted by molar-refractivity contribution is 8.03. The summed E-state index contributed by atoms with van der Waals surface area (Å²) in [6.07, 6.45) is 4.32. The van der Waals surface area contributed by atoms with Gasteiger partial charge in [0.05, 0.1) is 12.7 Å². The van der Waals surface area contributed by atoms with E-state index in [2.05, 4.69) is 26.2 Å². The molecule has 2 nitrogen and oxygen atoms in total. The number of rotatable bonds is 4. The topological polar surface area (TPSA) is 33.0 Å². The molecule has 3 heteroatoms. The zero-order valence-corrected chi connectivity index (χ0v) is 11.3. The molecule has 3 atom stereocenters. The van der Waals surface area contributed by atoms with Crippen LogP contribution in [0.2, 0.25) is 0 Å². The van der Waals surface area contributed by atoms with E-state index >= 15 is 0 Å². The Morgan fingerprint density at radius 3 is 2.69 bits per heavy atom. The van der Waals surface area contributed by atoms with Gasteiger partial charge in [0.2, 0.25) is 0 Å². The molecule has 2 saturated carbocycles. The second-order valence-electron chi connectivity index (χ2n) is 5.91. The van der Waals surface area contributed by atoms with Gasteiger partial charge in [-0.1, -0.05) is 20.8 Å². The number of hydrogen-bond donors (Lipinski definition) is 0. The van der Waals surface area contributed by atoms with E-state index in [0.717, 1.165) is 18.3 Å². The number of fused-ring (bicyclic) bond motifs is 2. The molecule has 0 aliphatic heterocycles. The summed E-state index contributed by atoms with van der Waals surface area (Å²) in [4.78, 5) is 0. The van der Waals surface area contributed by atoms with Crippen molar-refractivity contribution < 1.29 is 4.74 Å². The van der Waals surface area contributed by atoms with Crippen molar-refractivity contribution in [3.63, 3.8) is 0 Å². The van der Waals surface area contributed by atoms with Crippen molar-refractivity contribution in [2.24, 2.45) is 16.7 Å². The second kappa shape index (κ2) is 4.23. The van der Waals surface area contributed by atoms with Crippen LogP contribution in [0.15, 0.2) is 0 Å². The molecular weight excluding hydrogens is 218 g/mol. The van der Waals surface area contributed by atoms with Gasteiger partial charge >= 0.3 is 0 Å². The molecule has 0 aromatic carbocycles. The normalized spacial score (nSPS) is 39.9. The van der Waals surface area contributed by atoms with Crippen molar-refractivity contribution >= 4 is 11.8 Å². The average Bonchev–Trinajstić information content (AvgIpc) is 2.57. The fourth-order valence-corrected chi connectivity index (χ4v) is 3.93. The second-order valence-corrected chi connectivity index (χ2v) is 6.79. The monoisotopic (exact) mass is 239 g/mol. The Balaban J connectivity index is 1.92. The van der Waals surface area contributed by atoms with Crippen LogP contribution in [0.25, 0.3) is 0 Å². The first-order chi connectivity index (χ1) is 7.52. The Labute approximate surface area is 103 Å². The average molecular weight is 239 g/mol. The molecule has 0 aromatic rings. The van der Waals surface area contributed by atoms with Gasteiger partial charge in [0, 0.05) is 5.75 Å². The Morgan fingerprint density at radius 2 is 2.19 bits per heavy atom. The lowest BCUT2D eigenvalue weighted by Gasteiger charge is -2.38. The lowest BCUT2D eigenvalue weighted by atomic mass is 9.70. The van der Waals surface area contributed by atoms with E-state index in [9.17, 15) is 0 Å². The van der Waals surface area contributed by atoms with Gasteiger partial charge in [-0.15, -0.1) is 0 Å². The number of ether oxygens (including phenoxy) is 1. The van der Waals surface area contributed by atoms with Crippen molar-refractivity contribution in [1.82, 2.24) is 0 Å². The fraction of sp³-hybridized carbons (Fsp3) is 0.923. The van der Waals surface area contributed by atoms with Crippen molar-refractivity contribution in [3.05, 3.63) is 0 Å². The third kappa shape index (κ3) is 1.67. The summed E-state index contributed by atoms with van der Waals surface area (Å²) in [6, 6.07) is 0. The zero-order valence-electron chi connectivity index (χ0n) is 10.5. The van der Waals surface area contributed by atoms with Crippen LogP contribution in [0.4, 0.5) is 0 Å². The Bertz CT molecular complexity index is 310. The molecule has 2 rings (SSSR count). The van der Waals surface area contributed by atoms with Crippen LogP contribution in [0.3, 0.4) is 0 Å². The number of hydrogen-bond acceptors (Lipinski definition) is 3. The van der Waals surface area contributed by atoms with Gasteiger partial charge in [0.1, 0.15) is 5.40 Å². The molecule has 16 heavy (non-hydrogen) atoms. The highest BCUT2D eigenvalue weighted by Gasteiger charge is 2.61. The van der Waals surface area contributed by atoms with E-state index in [1.54, 1.807) is 0 Å². The van der Waals surface area contributed by atoms with Crippen molar-refractivity contribution in [1.29, 1.82) is 5.26 Å². The van der Waals surface area contributed by atoms with Gasteiger partial charge < -0.3 is 4.74 Å². The quantitative estimate of drug-likeness (QED) is 0.556. The first kappa shape index (κ1) is 12.3. The molecule has 2 fully saturated rings. The first-order valence-electron chi connectivity index (χ1n) is 6.15. The van der Waals surface area contributed by atoms with Crippen LogP contribution in [-0.2, 0) is 4.74 Å². The van der Waals surface area contributed by atoms with Crippen molar-refractivity contribution in [2.75, 3.05) is 12.4 Å². The summed E-state index contributed by atoms with van der Waals surface area (Å²) < 4.78 is 6.01. The third-order valence-corrected chi connectivity index (χ3v) is 5.78. The fourth-order valence-electron chi connectivity index (χ4n) is 3.66. The maximum Gasteiger partial charge on any atom is 0.133 e. The van der Waals surface area contributed by atoms with E-state index in [4.69, 9.17) is 10.00 Å². The summed E-state index contributed by atoms with van der Waals surface area (Å²) in [6.45, 7) is 7.92. The molecule has 0 radical (unpaired) electrons. The van der Waals surface area contributed by atoms with Crippen LogP contribution >= 0.6 is 11.8 Å². The van der Waals surface area contributed by atoms with Gasteiger partial charge in [-0.2, -0.15) is 5.26 Å². The number of nitrogens with zero attached hydrogens (tertiary/aromatic N) is 1. The zero-order chi connectivity index (χ0) is 11.8. The molecular formula is C13H21NOS. The Kier molecular flexibility index (Phi) is 3.25. The van der Waals surface area contributed by atoms with Crippen molar-refractivity contribution in [3.8, 4) is 5.40 Å². The van der Waals surface area contributed by atoms with Crippen LogP contribution in [0.1, 0.15) is 40.0 Å². The highest BCUT2D eigenvalue weighted by Crippen LogP contribution is 2.66. The van der Waals surface area contributed by atoms with Crippen molar-refractivity contribution in [2.45, 2.75) is 46.1 Å². The Morgan fingerprint density at radius 1 is 1.44 bits per heavy atom. The molecule has 2 aliphatic rings. The molecule has 0 heterocycles. The molecule has 0 saturated heterocycles. The predicted octanol–water partition coefficient (Wildman–Crippen LogP) is 3.43. The molecule has 0 unspecified atom stereocenters. The van der Waals surface area contributed by atoms with Crippen LogP contribution in [0, 0.1) is 27.4 Å². The highest BCUT2D eigenvalue weighted by atomic mass is 32.2. The summed E-state index contributed by atoms with van der Waals surface area (Å²) in [5, 5.41) is 10.5. The molecule has 0 spiro atoms. The maximum absolute atomic E-state index is 8.45. The SMILES string of the molecule is CC1(C)[C@@H]2CC[C@@]1(C)[C@@H](OCCSC#N)C2. The van der Waals surface area contributed by atoms with E-state index < -0.39 is 0 Å². The number of thiocyanates is 1. The summed E-state index contributed by atoms with van der Waals surface area (Å²) in [7, 11) is 0. The minimum Gasteiger partial charge on any atom is -0.377 e. The standard InChI is InChI=1S/C13H21NOS/c1-12(2)10-4-5-13(12,3)11(8-10)15-6-7-16-9-14/h10-11H,4-8H2,1-3H3/t10-,11+,13+/m1/s1. The smallest absolute Gasteiger partial charge is 0.133 e. The molecule has 0 N–H and O–H groups in total. The van der Waals surface area contributed by atoms with Gasteiger partial charge in [0.15, 0.2) is 0 Å². The van der Waals surface area contributed by atoms with E-state index in [0.29, 0.717) is 16.9 Å². The summed E-state index contributed by atoms with van der Waals surface area (Å²) in [5.74, 6) is 1.64. The number of nitriles is 1. The summed E-state index contributed by atoms with van der Waals surface area (Å²) >= 11 is 1.29. The predicted molar refractivity (Wildman–Crippen MR) is 67.0 cm³/mol. The largest absolute Gasteiger partial charge is 0.377 e. The minimum atomic E-state index is 0.356. The van der Waals surface area contributed by atoms with E-state index in [1.807, 2.05) is 0 Å². The van der Waals surface area contributed by atoms with E-state index in [-0.39, 0.29) is 0 Å². The Hall–Kier alpha value is -0.200. The maximum atomic E-state index is 8.45. The first-order valence-corrected chi connectivity index (χ1v) is 7.13. The van der Waals surface area contributed by atoms with Gasteiger partial charge in [-0.05, 0) is 47.8 Å². The molecule has 90 valence electrons. The molecule has 2 bridgehead atoms.